The van der Waals surface area contributed by atoms with Crippen LogP contribution < -0.4 is 5.56 Å². The molecule has 2 aromatic heterocycles. The van der Waals surface area contributed by atoms with E-state index >= 15 is 0 Å². The Hall–Kier alpha value is -3.36. The van der Waals surface area contributed by atoms with Crippen molar-refractivity contribution in [2.75, 3.05) is 13.2 Å². The van der Waals surface area contributed by atoms with Crippen molar-refractivity contribution in [3.63, 3.8) is 0 Å². The Balaban J connectivity index is 1.61. The second kappa shape index (κ2) is 10.7. The van der Waals surface area contributed by atoms with Crippen molar-refractivity contribution in [1.82, 2.24) is 30.1 Å². The summed E-state index contributed by atoms with van der Waals surface area (Å²) in [7, 11) is 0. The number of benzene rings is 2. The van der Waals surface area contributed by atoms with Crippen LogP contribution in [0.15, 0.2) is 53.3 Å². The van der Waals surface area contributed by atoms with E-state index in [9.17, 15) is 9.90 Å². The molecule has 0 radical (unpaired) electrons. The van der Waals surface area contributed by atoms with Crippen molar-refractivity contribution >= 4 is 10.9 Å². The number of aromatic amines is 1. The number of aryl methyl sites for hydroxylation is 4. The van der Waals surface area contributed by atoms with E-state index in [4.69, 9.17) is 0 Å². The number of nitrogens with zero attached hydrogens (tertiary/aromatic N) is 5. The molecule has 1 unspecified atom stereocenters. The third-order valence-corrected chi connectivity index (χ3v) is 6.27. The van der Waals surface area contributed by atoms with Gasteiger partial charge in [-0.05, 0) is 65.8 Å². The number of aliphatic hydroxyl groups is 1. The van der Waals surface area contributed by atoms with Gasteiger partial charge in [0.1, 0.15) is 0 Å². The average molecular weight is 461 g/mol. The first-order valence-corrected chi connectivity index (χ1v) is 11.8. The van der Waals surface area contributed by atoms with Crippen LogP contribution in [0.3, 0.4) is 0 Å². The number of tetrazole rings is 1. The molecule has 1 atom stereocenters. The third kappa shape index (κ3) is 5.24. The Morgan fingerprint density at radius 2 is 1.94 bits per heavy atom. The average Bonchev–Trinajstić information content (AvgIpc) is 3.28. The molecule has 2 heterocycles. The fourth-order valence-electron chi connectivity index (χ4n) is 4.64. The zero-order valence-electron chi connectivity index (χ0n) is 20.0. The monoisotopic (exact) mass is 460 g/mol. The zero-order valence-corrected chi connectivity index (χ0v) is 20.0. The van der Waals surface area contributed by atoms with Crippen LogP contribution in [-0.2, 0) is 19.5 Å². The molecule has 34 heavy (non-hydrogen) atoms. The molecule has 178 valence electrons. The molecule has 0 aliphatic carbocycles. The molecule has 8 nitrogen and oxygen atoms in total. The maximum absolute atomic E-state index is 12.9. The fraction of sp³-hybridized carbons (Fsp3) is 0.385. The minimum atomic E-state index is -0.132. The van der Waals surface area contributed by atoms with Gasteiger partial charge in [0.25, 0.3) is 5.56 Å². The molecule has 2 aromatic carbocycles. The lowest BCUT2D eigenvalue weighted by Gasteiger charge is -2.29. The largest absolute Gasteiger partial charge is 0.395 e. The number of pyridine rings is 1. The van der Waals surface area contributed by atoms with Gasteiger partial charge in [0, 0.05) is 25.2 Å². The number of H-pyrrole nitrogens is 1. The number of aromatic nitrogens is 5. The van der Waals surface area contributed by atoms with Gasteiger partial charge in [0.2, 0.25) is 0 Å². The lowest BCUT2D eigenvalue weighted by Crippen LogP contribution is -2.34. The lowest BCUT2D eigenvalue weighted by molar-refractivity contribution is 0.131. The minimum Gasteiger partial charge on any atom is -0.395 e. The third-order valence-electron chi connectivity index (χ3n) is 6.27. The first kappa shape index (κ1) is 23.8. The zero-order chi connectivity index (χ0) is 24.1. The Bertz CT molecular complexity index is 1300. The van der Waals surface area contributed by atoms with Crippen molar-refractivity contribution in [3.05, 3.63) is 87.0 Å². The van der Waals surface area contributed by atoms with Crippen molar-refractivity contribution in [3.8, 4) is 0 Å². The molecule has 0 amide bonds. The van der Waals surface area contributed by atoms with Crippen molar-refractivity contribution < 1.29 is 5.11 Å². The van der Waals surface area contributed by atoms with Crippen LogP contribution in [0.1, 0.15) is 47.5 Å². The highest BCUT2D eigenvalue weighted by atomic mass is 16.3. The summed E-state index contributed by atoms with van der Waals surface area (Å²) in [6.45, 7) is 7.57. The highest BCUT2D eigenvalue weighted by Crippen LogP contribution is 2.25. The Morgan fingerprint density at radius 3 is 2.68 bits per heavy atom. The standard InChI is InChI=1S/C26H32N6O2/c1-4-23(25-28-29-30-32(25)11-10-20-8-6-5-7-9-20)31(12-13-33)17-22-16-21-15-18(2)14-19(3)24(21)27-26(22)34/h5-9,14-16,23,33H,4,10-13,17H2,1-3H3,(H,27,34). The van der Waals surface area contributed by atoms with Gasteiger partial charge < -0.3 is 10.1 Å². The predicted molar refractivity (Wildman–Crippen MR) is 133 cm³/mol. The van der Waals surface area contributed by atoms with Crippen LogP contribution in [0.25, 0.3) is 10.9 Å². The summed E-state index contributed by atoms with van der Waals surface area (Å²) in [5.74, 6) is 0.746. The van der Waals surface area contributed by atoms with E-state index in [-0.39, 0.29) is 18.2 Å². The van der Waals surface area contributed by atoms with E-state index in [0.717, 1.165) is 40.7 Å². The molecular formula is C26H32N6O2. The van der Waals surface area contributed by atoms with Crippen LogP contribution in [0.5, 0.6) is 0 Å². The number of rotatable bonds is 10. The van der Waals surface area contributed by atoms with Gasteiger partial charge >= 0.3 is 0 Å². The van der Waals surface area contributed by atoms with Gasteiger partial charge in [-0.25, -0.2) is 4.68 Å². The van der Waals surface area contributed by atoms with Crippen LogP contribution in [0.2, 0.25) is 0 Å². The van der Waals surface area contributed by atoms with Gasteiger partial charge in [-0.3, -0.25) is 9.69 Å². The Kier molecular flexibility index (Phi) is 7.49. The van der Waals surface area contributed by atoms with Crippen LogP contribution >= 0.6 is 0 Å². The van der Waals surface area contributed by atoms with Gasteiger partial charge in [0.15, 0.2) is 5.82 Å². The summed E-state index contributed by atoms with van der Waals surface area (Å²) < 4.78 is 1.84. The van der Waals surface area contributed by atoms with Gasteiger partial charge in [-0.1, -0.05) is 48.9 Å². The van der Waals surface area contributed by atoms with Crippen molar-refractivity contribution in [2.24, 2.45) is 0 Å². The smallest absolute Gasteiger partial charge is 0.252 e. The van der Waals surface area contributed by atoms with E-state index in [0.29, 0.717) is 25.2 Å². The summed E-state index contributed by atoms with van der Waals surface area (Å²) in [6.07, 6.45) is 1.56. The van der Waals surface area contributed by atoms with Crippen LogP contribution in [0.4, 0.5) is 0 Å². The molecule has 2 N–H and O–H groups in total. The maximum atomic E-state index is 12.9. The first-order chi connectivity index (χ1) is 16.5. The number of nitrogens with one attached hydrogen (secondary N) is 1. The first-order valence-electron chi connectivity index (χ1n) is 11.8. The number of hydrogen-bond acceptors (Lipinski definition) is 6. The van der Waals surface area contributed by atoms with Crippen LogP contribution in [0, 0.1) is 13.8 Å². The summed E-state index contributed by atoms with van der Waals surface area (Å²) in [5.41, 5.74) is 4.84. The molecule has 0 bridgehead atoms. The molecule has 0 saturated carbocycles. The van der Waals surface area contributed by atoms with Crippen molar-refractivity contribution in [1.29, 1.82) is 0 Å². The topological polar surface area (TPSA) is 99.9 Å². The van der Waals surface area contributed by atoms with Gasteiger partial charge in [-0.2, -0.15) is 0 Å². The second-order valence-corrected chi connectivity index (χ2v) is 8.78. The Morgan fingerprint density at radius 1 is 1.15 bits per heavy atom. The molecular weight excluding hydrogens is 428 g/mol. The molecule has 0 saturated heterocycles. The van der Waals surface area contributed by atoms with Gasteiger partial charge in [-0.15, -0.1) is 5.10 Å². The maximum Gasteiger partial charge on any atom is 0.252 e. The number of fused-ring (bicyclic) bond motifs is 1. The molecule has 8 heteroatoms. The number of hydrogen-bond donors (Lipinski definition) is 2. The quantitative estimate of drug-likeness (QED) is 0.377. The molecule has 0 fully saturated rings. The van der Waals surface area contributed by atoms with E-state index in [1.807, 2.05) is 35.9 Å². The normalized spacial score (nSPS) is 12.5. The summed E-state index contributed by atoms with van der Waals surface area (Å²) in [6, 6.07) is 16.2. The fourth-order valence-corrected chi connectivity index (χ4v) is 4.64. The van der Waals surface area contributed by atoms with Gasteiger partial charge in [0.05, 0.1) is 18.2 Å². The lowest BCUT2D eigenvalue weighted by atomic mass is 10.0. The summed E-state index contributed by atoms with van der Waals surface area (Å²) in [5, 5.41) is 23.3. The van der Waals surface area contributed by atoms with E-state index < -0.39 is 0 Å². The van der Waals surface area contributed by atoms with Crippen molar-refractivity contribution in [2.45, 2.75) is 52.7 Å². The highest BCUT2D eigenvalue weighted by molar-refractivity contribution is 5.82. The second-order valence-electron chi connectivity index (χ2n) is 8.78. The molecule has 0 aliphatic rings. The van der Waals surface area contributed by atoms with Crippen LogP contribution in [-0.4, -0.2) is 48.3 Å². The van der Waals surface area contributed by atoms with E-state index in [1.54, 1.807) is 0 Å². The summed E-state index contributed by atoms with van der Waals surface area (Å²) in [4.78, 5) is 18.1. The molecule has 0 spiro atoms. The highest BCUT2D eigenvalue weighted by Gasteiger charge is 2.25. The molecule has 4 rings (SSSR count). The predicted octanol–water partition coefficient (Wildman–Crippen LogP) is 3.32. The van der Waals surface area contributed by atoms with E-state index in [1.165, 1.54) is 5.56 Å². The SMILES string of the molecule is CCC(c1nnnn1CCc1ccccc1)N(CCO)Cc1cc2cc(C)cc(C)c2[nH]c1=O. The summed E-state index contributed by atoms with van der Waals surface area (Å²) >= 11 is 0. The van der Waals surface area contributed by atoms with E-state index in [2.05, 4.69) is 63.5 Å². The number of aliphatic hydroxyl groups excluding tert-OH is 1. The Labute approximate surface area is 199 Å². The molecule has 4 aromatic rings. The minimum absolute atomic E-state index is 0.0220. The molecule has 0 aliphatic heterocycles.